The minimum absolute atomic E-state index is 0. The van der Waals surface area contributed by atoms with Crippen molar-refractivity contribution >= 4 is 17.7 Å². The van der Waals surface area contributed by atoms with Gasteiger partial charge in [0, 0.05) is 0 Å². The summed E-state index contributed by atoms with van der Waals surface area (Å²) in [5.41, 5.74) is 0. The first kappa shape index (κ1) is 31.4. The zero-order valence-corrected chi connectivity index (χ0v) is 21.0. The quantitative estimate of drug-likeness (QED) is 0.236. The Morgan fingerprint density at radius 3 is 0.933 bits per heavy atom. The zero-order valence-electron chi connectivity index (χ0n) is 20.3. The van der Waals surface area contributed by atoms with Crippen LogP contribution in [-0.4, -0.2) is 29.3 Å². The minimum atomic E-state index is -0.602. The summed E-state index contributed by atoms with van der Waals surface area (Å²) >= 11 is 0. The van der Waals surface area contributed by atoms with E-state index in [1.807, 2.05) is 0 Å². The summed E-state index contributed by atoms with van der Waals surface area (Å²) in [7, 11) is 1.57. The van der Waals surface area contributed by atoms with Crippen LogP contribution < -0.4 is 12.4 Å². The largest absolute Gasteiger partial charge is 1.00 e. The van der Waals surface area contributed by atoms with Crippen LogP contribution >= 0.6 is 0 Å². The molecule has 0 aliphatic heterocycles. The van der Waals surface area contributed by atoms with Crippen LogP contribution in [0.4, 0.5) is 0 Å². The number of unbranched alkanes of at least 4 members (excludes halogenated alkanes) is 12. The molecule has 30 heavy (non-hydrogen) atoms. The molecule has 0 fully saturated rings. The van der Waals surface area contributed by atoms with Gasteiger partial charge in [0.15, 0.2) is 0 Å². The number of hydrogen-bond acceptors (Lipinski definition) is 3. The van der Waals surface area contributed by atoms with E-state index in [9.17, 15) is 14.4 Å². The van der Waals surface area contributed by atoms with Gasteiger partial charge in [-0.25, -0.2) is 14.4 Å². The van der Waals surface area contributed by atoms with Crippen molar-refractivity contribution in [3.8, 4) is 0 Å². The van der Waals surface area contributed by atoms with Gasteiger partial charge in [-0.3, -0.25) is 0 Å². The Kier molecular flexibility index (Phi) is 21.2. The molecule has 0 saturated heterocycles. The number of hydrogen-bond donors (Lipinski definition) is 0. The van der Waals surface area contributed by atoms with Crippen molar-refractivity contribution in [3.63, 3.8) is 0 Å². The second-order valence-electron chi connectivity index (χ2n) is 8.68. The van der Waals surface area contributed by atoms with Crippen LogP contribution in [0.3, 0.4) is 0 Å². The molecule has 0 spiro atoms. The van der Waals surface area contributed by atoms with Crippen LogP contribution in [-0.2, 0) is 14.4 Å². The summed E-state index contributed by atoms with van der Waals surface area (Å²) in [6, 6.07) is 0. The molecule has 0 rings (SSSR count). The van der Waals surface area contributed by atoms with Crippen molar-refractivity contribution in [2.45, 2.75) is 136 Å². The molecule has 5 heteroatoms. The maximum absolute atomic E-state index is 13.0. The second-order valence-corrected chi connectivity index (χ2v) is 8.68. The molecular weight excluding hydrogens is 398 g/mol. The molecule has 0 aromatic carbocycles. The molecule has 0 N–H and O–H groups in total. The van der Waals surface area contributed by atoms with Crippen molar-refractivity contribution < 1.29 is 31.3 Å². The topological polar surface area (TPSA) is 51.2 Å². The Hall–Kier alpha value is -0.740. The third-order valence-electron chi connectivity index (χ3n) is 5.98. The third kappa shape index (κ3) is 12.8. The van der Waals surface area contributed by atoms with Crippen molar-refractivity contribution in [2.75, 3.05) is 7.05 Å². The molecule has 3 amide bonds. The Morgan fingerprint density at radius 1 is 0.467 bits per heavy atom. The Balaban J connectivity index is 0. The highest BCUT2D eigenvalue weighted by atomic mass is 35.5. The molecular formula is C25H48ClNO3. The fourth-order valence-electron chi connectivity index (χ4n) is 3.73. The molecule has 0 unspecified atom stereocenters. The van der Waals surface area contributed by atoms with Crippen LogP contribution in [0.2, 0.25) is 0 Å². The van der Waals surface area contributed by atoms with Gasteiger partial charge in [0.2, 0.25) is 0 Å². The van der Waals surface area contributed by atoms with Crippen molar-refractivity contribution in [3.05, 3.63) is 0 Å². The van der Waals surface area contributed by atoms with Gasteiger partial charge in [-0.1, -0.05) is 97.8 Å². The first-order valence-corrected chi connectivity index (χ1v) is 12.4. The molecule has 0 saturated carbocycles. The van der Waals surface area contributed by atoms with E-state index >= 15 is 0 Å². The maximum atomic E-state index is 13.0. The fourth-order valence-corrected chi connectivity index (χ4v) is 3.73. The lowest BCUT2D eigenvalue weighted by atomic mass is 10.1. The molecule has 178 valence electrons. The predicted octanol–water partition coefficient (Wildman–Crippen LogP) is 4.10. The van der Waals surface area contributed by atoms with Crippen LogP contribution in [0.5, 0.6) is 0 Å². The SMILES string of the molecule is CCCCCCCC(=O)[N+](C)(C(=O)CCCCCCC)C(=O)CCCCCCC.[Cl-]. The molecule has 0 radical (unpaired) electrons. The highest BCUT2D eigenvalue weighted by Crippen LogP contribution is 2.20. The van der Waals surface area contributed by atoms with Gasteiger partial charge in [0.25, 0.3) is 0 Å². The van der Waals surface area contributed by atoms with Gasteiger partial charge in [0.1, 0.15) is 0 Å². The summed E-state index contributed by atoms with van der Waals surface area (Å²) in [6.45, 7) is 6.49. The maximum Gasteiger partial charge on any atom is 0.328 e. The van der Waals surface area contributed by atoms with Gasteiger partial charge in [-0.15, -0.1) is 4.48 Å². The first-order valence-electron chi connectivity index (χ1n) is 12.4. The van der Waals surface area contributed by atoms with Gasteiger partial charge < -0.3 is 12.4 Å². The number of nitrogens with zero attached hydrogens (tertiary/aromatic N) is 1. The number of amides is 3. The molecule has 0 aliphatic carbocycles. The smallest absolute Gasteiger partial charge is 0.328 e. The van der Waals surface area contributed by atoms with E-state index < -0.39 is 4.48 Å². The van der Waals surface area contributed by atoms with Crippen LogP contribution in [0, 0.1) is 0 Å². The highest BCUT2D eigenvalue weighted by Gasteiger charge is 2.45. The average molecular weight is 446 g/mol. The fraction of sp³-hybridized carbons (Fsp3) is 0.880. The van der Waals surface area contributed by atoms with E-state index in [1.54, 1.807) is 7.05 Å². The van der Waals surface area contributed by atoms with E-state index in [4.69, 9.17) is 0 Å². The number of quaternary nitrogens is 1. The molecule has 4 nitrogen and oxygen atoms in total. The van der Waals surface area contributed by atoms with Crippen molar-refractivity contribution in [1.29, 1.82) is 0 Å². The van der Waals surface area contributed by atoms with E-state index in [1.165, 1.54) is 19.3 Å². The Morgan fingerprint density at radius 2 is 0.700 bits per heavy atom. The van der Waals surface area contributed by atoms with Crippen LogP contribution in [0.1, 0.15) is 136 Å². The van der Waals surface area contributed by atoms with Gasteiger partial charge in [-0.05, 0) is 19.3 Å². The average Bonchev–Trinajstić information content (AvgIpc) is 2.72. The Bertz CT molecular complexity index is 401. The van der Waals surface area contributed by atoms with Crippen molar-refractivity contribution in [2.24, 2.45) is 0 Å². The number of halogens is 1. The molecule has 0 aliphatic rings. The van der Waals surface area contributed by atoms with E-state index in [2.05, 4.69) is 20.8 Å². The number of carbonyl (C=O) groups excluding carboxylic acids is 3. The zero-order chi connectivity index (χ0) is 22.0. The predicted molar refractivity (Wildman–Crippen MR) is 121 cm³/mol. The standard InChI is InChI=1S/C25H48NO3.ClH/c1-5-8-11-14-17-20-23(27)26(4,24(28)21-18-15-12-9-6-2)25(29)22-19-16-13-10-7-3;/h5-22H2,1-4H3;1H/q+1;/p-1. The number of carbonyl (C=O) groups is 3. The molecule has 0 aromatic heterocycles. The van der Waals surface area contributed by atoms with Gasteiger partial charge in [0.05, 0.1) is 26.3 Å². The molecule has 0 aromatic rings. The summed E-state index contributed by atoms with van der Waals surface area (Å²) in [6.07, 6.45) is 16.7. The normalized spacial score (nSPS) is 11.2. The lowest BCUT2D eigenvalue weighted by Crippen LogP contribution is -3.00. The number of rotatable bonds is 18. The van der Waals surface area contributed by atoms with E-state index in [-0.39, 0.29) is 30.1 Å². The van der Waals surface area contributed by atoms with E-state index in [0.29, 0.717) is 19.3 Å². The second kappa shape index (κ2) is 20.2. The lowest BCUT2D eigenvalue weighted by molar-refractivity contribution is -0.681. The Labute approximate surface area is 192 Å². The summed E-state index contributed by atoms with van der Waals surface area (Å²) in [5.74, 6) is -0.587. The summed E-state index contributed by atoms with van der Waals surface area (Å²) < 4.78 is -0.602. The first-order chi connectivity index (χ1) is 13.9. The minimum Gasteiger partial charge on any atom is -1.00 e. The van der Waals surface area contributed by atoms with Crippen LogP contribution in [0.25, 0.3) is 0 Å². The summed E-state index contributed by atoms with van der Waals surface area (Å²) in [4.78, 5) is 38.9. The van der Waals surface area contributed by atoms with Gasteiger partial charge >= 0.3 is 17.7 Å². The lowest BCUT2D eigenvalue weighted by Gasteiger charge is -2.26. The van der Waals surface area contributed by atoms with Crippen molar-refractivity contribution in [1.82, 2.24) is 0 Å². The van der Waals surface area contributed by atoms with Crippen LogP contribution in [0.15, 0.2) is 0 Å². The molecule has 0 bridgehead atoms. The van der Waals surface area contributed by atoms with E-state index in [0.717, 1.165) is 77.0 Å². The monoisotopic (exact) mass is 445 g/mol. The van der Waals surface area contributed by atoms with Gasteiger partial charge in [-0.2, -0.15) is 0 Å². The number of imide groups is 3. The molecule has 0 atom stereocenters. The summed E-state index contributed by atoms with van der Waals surface area (Å²) in [5, 5.41) is 0. The highest BCUT2D eigenvalue weighted by molar-refractivity contribution is 5.97. The third-order valence-corrected chi connectivity index (χ3v) is 5.98. The molecule has 0 heterocycles.